The lowest BCUT2D eigenvalue weighted by Crippen LogP contribution is -2.13. The van der Waals surface area contributed by atoms with Crippen molar-refractivity contribution in [3.8, 4) is 5.75 Å². The summed E-state index contributed by atoms with van der Waals surface area (Å²) in [6, 6.07) is 8.01. The fraction of sp³-hybridized carbons (Fsp3) is 0.375. The first kappa shape index (κ1) is 14.6. The van der Waals surface area contributed by atoms with Crippen molar-refractivity contribution < 1.29 is 13.5 Å². The summed E-state index contributed by atoms with van der Waals surface area (Å²) in [4.78, 5) is 0. The van der Waals surface area contributed by atoms with Gasteiger partial charge in [-0.1, -0.05) is 6.92 Å². The Morgan fingerprint density at radius 3 is 2.70 bits per heavy atom. The minimum Gasteiger partial charge on any atom is -0.489 e. The number of rotatable bonds is 7. The van der Waals surface area contributed by atoms with Crippen LogP contribution in [0.2, 0.25) is 0 Å². The molecule has 2 aromatic rings. The molecule has 1 N–H and O–H groups in total. The van der Waals surface area contributed by atoms with Gasteiger partial charge in [-0.2, -0.15) is 0 Å². The van der Waals surface area contributed by atoms with Gasteiger partial charge in [0, 0.05) is 5.56 Å². The van der Waals surface area contributed by atoms with Crippen molar-refractivity contribution in [1.29, 1.82) is 0 Å². The number of hydrogen-bond acceptors (Lipinski definition) is 3. The molecule has 0 aliphatic rings. The van der Waals surface area contributed by atoms with Gasteiger partial charge in [0.15, 0.2) is 0 Å². The normalized spacial score (nSPS) is 10.8. The van der Waals surface area contributed by atoms with Gasteiger partial charge < -0.3 is 14.5 Å². The molecule has 108 valence electrons. The first-order valence-corrected chi connectivity index (χ1v) is 6.86. The van der Waals surface area contributed by atoms with Crippen LogP contribution in [0, 0.1) is 12.7 Å². The lowest BCUT2D eigenvalue weighted by atomic mass is 10.2. The van der Waals surface area contributed by atoms with Crippen LogP contribution in [0.3, 0.4) is 0 Å². The van der Waals surface area contributed by atoms with Gasteiger partial charge >= 0.3 is 0 Å². The quantitative estimate of drug-likeness (QED) is 0.782. The molecule has 20 heavy (non-hydrogen) atoms. The minimum absolute atomic E-state index is 0.263. The van der Waals surface area contributed by atoms with Crippen molar-refractivity contribution >= 4 is 0 Å². The molecule has 0 radical (unpaired) electrons. The summed E-state index contributed by atoms with van der Waals surface area (Å²) in [6.07, 6.45) is 1.10. The molecule has 1 aromatic heterocycles. The van der Waals surface area contributed by atoms with E-state index < -0.39 is 0 Å². The Bertz CT molecular complexity index is 534. The molecule has 0 aliphatic carbocycles. The zero-order chi connectivity index (χ0) is 14.4. The van der Waals surface area contributed by atoms with Crippen LogP contribution in [0.4, 0.5) is 4.39 Å². The number of ether oxygens (including phenoxy) is 1. The molecule has 1 aromatic carbocycles. The van der Waals surface area contributed by atoms with Gasteiger partial charge in [0.05, 0.1) is 6.54 Å². The maximum atomic E-state index is 12.8. The van der Waals surface area contributed by atoms with Crippen LogP contribution in [0.25, 0.3) is 0 Å². The highest BCUT2D eigenvalue weighted by molar-refractivity contribution is 5.24. The third-order valence-corrected chi connectivity index (χ3v) is 3.01. The van der Waals surface area contributed by atoms with Gasteiger partial charge in [0.25, 0.3) is 0 Å². The molecule has 0 bridgehead atoms. The Kier molecular flexibility index (Phi) is 5.18. The third kappa shape index (κ3) is 4.10. The van der Waals surface area contributed by atoms with E-state index in [1.807, 2.05) is 13.0 Å². The first-order valence-electron chi connectivity index (χ1n) is 6.86. The van der Waals surface area contributed by atoms with Gasteiger partial charge in [0.2, 0.25) is 0 Å². The van der Waals surface area contributed by atoms with Crippen molar-refractivity contribution in [3.05, 3.63) is 53.2 Å². The average molecular weight is 277 g/mol. The summed E-state index contributed by atoms with van der Waals surface area (Å²) < 4.78 is 24.1. The number of halogens is 1. The molecule has 3 nitrogen and oxygen atoms in total. The second kappa shape index (κ2) is 7.10. The van der Waals surface area contributed by atoms with Gasteiger partial charge in [-0.25, -0.2) is 4.39 Å². The van der Waals surface area contributed by atoms with Crippen molar-refractivity contribution in [3.63, 3.8) is 0 Å². The zero-order valence-corrected chi connectivity index (χ0v) is 11.9. The van der Waals surface area contributed by atoms with E-state index in [-0.39, 0.29) is 5.82 Å². The highest BCUT2D eigenvalue weighted by Crippen LogP contribution is 2.18. The molecule has 0 saturated heterocycles. The van der Waals surface area contributed by atoms with Crippen molar-refractivity contribution in [1.82, 2.24) is 5.32 Å². The van der Waals surface area contributed by atoms with Gasteiger partial charge in [-0.15, -0.1) is 0 Å². The number of benzene rings is 1. The van der Waals surface area contributed by atoms with Crippen LogP contribution in [0.15, 0.2) is 34.7 Å². The van der Waals surface area contributed by atoms with Crippen LogP contribution in [-0.2, 0) is 13.2 Å². The second-order valence-electron chi connectivity index (χ2n) is 4.71. The topological polar surface area (TPSA) is 34.4 Å². The predicted molar refractivity (Wildman–Crippen MR) is 76.2 cm³/mol. The molecule has 4 heteroatoms. The Balaban J connectivity index is 1.90. The average Bonchev–Trinajstić information content (AvgIpc) is 2.79. The molecule has 1 heterocycles. The van der Waals surface area contributed by atoms with Gasteiger partial charge in [0.1, 0.15) is 29.7 Å². The third-order valence-electron chi connectivity index (χ3n) is 3.01. The van der Waals surface area contributed by atoms with Gasteiger partial charge in [-0.3, -0.25) is 0 Å². The summed E-state index contributed by atoms with van der Waals surface area (Å²) >= 11 is 0. The number of furan rings is 1. The molecular formula is C16H20FNO2. The standard InChI is InChI=1S/C16H20FNO2/c1-3-8-18-10-16-9-13(12(2)20-16)11-19-15-6-4-14(17)5-7-15/h4-7,9,18H,3,8,10-11H2,1-2H3. The predicted octanol–water partition coefficient (Wildman–Crippen LogP) is 3.81. The van der Waals surface area contributed by atoms with E-state index in [1.54, 1.807) is 12.1 Å². The van der Waals surface area contributed by atoms with Crippen LogP contribution < -0.4 is 10.1 Å². The molecular weight excluding hydrogens is 257 g/mol. The Labute approximate surface area is 118 Å². The second-order valence-corrected chi connectivity index (χ2v) is 4.71. The largest absolute Gasteiger partial charge is 0.489 e. The Morgan fingerprint density at radius 1 is 1.25 bits per heavy atom. The fourth-order valence-electron chi connectivity index (χ4n) is 1.90. The van der Waals surface area contributed by atoms with Gasteiger partial charge in [-0.05, 0) is 50.2 Å². The van der Waals surface area contributed by atoms with Crippen LogP contribution in [0.5, 0.6) is 5.75 Å². The summed E-state index contributed by atoms with van der Waals surface area (Å²) in [7, 11) is 0. The molecule has 0 spiro atoms. The molecule has 0 aliphatic heterocycles. The van der Waals surface area contributed by atoms with E-state index in [4.69, 9.17) is 9.15 Å². The number of aryl methyl sites for hydroxylation is 1. The zero-order valence-electron chi connectivity index (χ0n) is 11.9. The first-order chi connectivity index (χ1) is 9.69. The molecule has 0 amide bonds. The van der Waals surface area contributed by atoms with Crippen LogP contribution in [0.1, 0.15) is 30.4 Å². The Morgan fingerprint density at radius 2 is 2.00 bits per heavy atom. The fourth-order valence-corrected chi connectivity index (χ4v) is 1.90. The lowest BCUT2D eigenvalue weighted by Gasteiger charge is -2.04. The molecule has 2 rings (SSSR count). The number of nitrogens with one attached hydrogen (secondary N) is 1. The van der Waals surface area contributed by atoms with E-state index in [9.17, 15) is 4.39 Å². The van der Waals surface area contributed by atoms with Crippen molar-refractivity contribution in [2.75, 3.05) is 6.54 Å². The maximum absolute atomic E-state index is 12.8. The van der Waals surface area contributed by atoms with Crippen molar-refractivity contribution in [2.24, 2.45) is 0 Å². The van der Waals surface area contributed by atoms with E-state index in [2.05, 4.69) is 12.2 Å². The minimum atomic E-state index is -0.263. The summed E-state index contributed by atoms with van der Waals surface area (Å²) in [5.74, 6) is 2.16. The molecule has 0 unspecified atom stereocenters. The smallest absolute Gasteiger partial charge is 0.123 e. The highest BCUT2D eigenvalue weighted by atomic mass is 19.1. The summed E-state index contributed by atoms with van der Waals surface area (Å²) in [5, 5.41) is 3.30. The maximum Gasteiger partial charge on any atom is 0.123 e. The van der Waals surface area contributed by atoms with Crippen LogP contribution >= 0.6 is 0 Å². The van der Waals surface area contributed by atoms with Crippen molar-refractivity contribution in [2.45, 2.75) is 33.4 Å². The van der Waals surface area contributed by atoms with E-state index in [0.29, 0.717) is 12.4 Å². The SMILES string of the molecule is CCCNCc1cc(COc2ccc(F)cc2)c(C)o1. The molecule has 0 fully saturated rings. The summed E-state index contributed by atoms with van der Waals surface area (Å²) in [6.45, 7) is 6.18. The number of hydrogen-bond donors (Lipinski definition) is 1. The Hall–Kier alpha value is -1.81. The molecule has 0 atom stereocenters. The van der Waals surface area contributed by atoms with E-state index >= 15 is 0 Å². The summed E-state index contributed by atoms with van der Waals surface area (Å²) in [5.41, 5.74) is 1.02. The monoisotopic (exact) mass is 277 g/mol. The lowest BCUT2D eigenvalue weighted by molar-refractivity contribution is 0.302. The highest BCUT2D eigenvalue weighted by Gasteiger charge is 2.08. The van der Waals surface area contributed by atoms with Crippen LogP contribution in [-0.4, -0.2) is 6.54 Å². The van der Waals surface area contributed by atoms with E-state index in [0.717, 1.165) is 36.6 Å². The van der Waals surface area contributed by atoms with E-state index in [1.165, 1.54) is 12.1 Å². The molecule has 0 saturated carbocycles.